The van der Waals surface area contributed by atoms with Crippen molar-refractivity contribution < 1.29 is 19.1 Å². The van der Waals surface area contributed by atoms with Crippen molar-refractivity contribution in [3.8, 4) is 11.4 Å². The Labute approximate surface area is 208 Å². The first-order valence-electron chi connectivity index (χ1n) is 11.7. The van der Waals surface area contributed by atoms with Crippen LogP contribution in [0, 0.1) is 0 Å². The summed E-state index contributed by atoms with van der Waals surface area (Å²) in [5.41, 5.74) is 5.29. The molecule has 5 rings (SSSR count). The summed E-state index contributed by atoms with van der Waals surface area (Å²) in [5.74, 6) is 0.0668. The predicted molar refractivity (Wildman–Crippen MR) is 136 cm³/mol. The minimum absolute atomic E-state index is 0.107. The number of pyridine rings is 1. The highest BCUT2D eigenvalue weighted by Crippen LogP contribution is 2.31. The van der Waals surface area contributed by atoms with E-state index in [9.17, 15) is 9.59 Å². The van der Waals surface area contributed by atoms with Crippen LogP contribution in [0.2, 0.25) is 0 Å². The van der Waals surface area contributed by atoms with Gasteiger partial charge in [0.25, 0.3) is 5.91 Å². The minimum atomic E-state index is -0.326. The number of hydrogen-bond donors (Lipinski definition) is 2. The molecule has 3 heterocycles. The molecule has 0 spiro atoms. The lowest BCUT2D eigenvalue weighted by Gasteiger charge is -2.26. The number of nitrogens with zero attached hydrogens (tertiary/aromatic N) is 3. The lowest BCUT2D eigenvalue weighted by Crippen LogP contribution is -2.32. The van der Waals surface area contributed by atoms with Gasteiger partial charge in [-0.05, 0) is 41.8 Å². The number of rotatable bonds is 7. The molecule has 184 valence electrons. The third kappa shape index (κ3) is 4.71. The van der Waals surface area contributed by atoms with Gasteiger partial charge in [-0.25, -0.2) is 4.98 Å². The summed E-state index contributed by atoms with van der Waals surface area (Å²) < 4.78 is 12.8. The summed E-state index contributed by atoms with van der Waals surface area (Å²) in [6.45, 7) is 0.844. The van der Waals surface area contributed by atoms with Crippen molar-refractivity contribution in [3.05, 3.63) is 77.6 Å². The van der Waals surface area contributed by atoms with E-state index in [2.05, 4.69) is 21.7 Å². The van der Waals surface area contributed by atoms with Gasteiger partial charge in [-0.3, -0.25) is 14.6 Å². The van der Waals surface area contributed by atoms with Crippen LogP contribution in [0.15, 0.2) is 60.9 Å². The Morgan fingerprint density at radius 3 is 2.86 bits per heavy atom. The first-order chi connectivity index (χ1) is 17.5. The van der Waals surface area contributed by atoms with Gasteiger partial charge < -0.3 is 24.7 Å². The first kappa shape index (κ1) is 23.7. The second-order valence-corrected chi connectivity index (χ2v) is 8.63. The summed E-state index contributed by atoms with van der Waals surface area (Å²) in [4.78, 5) is 34.5. The Kier molecular flexibility index (Phi) is 6.75. The van der Waals surface area contributed by atoms with Gasteiger partial charge >= 0.3 is 0 Å². The van der Waals surface area contributed by atoms with Gasteiger partial charge in [-0.1, -0.05) is 24.3 Å². The van der Waals surface area contributed by atoms with Gasteiger partial charge in [0.15, 0.2) is 0 Å². The molecule has 1 aliphatic heterocycles. The number of benzene rings is 2. The highest BCUT2D eigenvalue weighted by Gasteiger charge is 2.23. The monoisotopic (exact) mass is 485 g/mol. The Morgan fingerprint density at radius 2 is 2.06 bits per heavy atom. The fourth-order valence-corrected chi connectivity index (χ4v) is 4.58. The SMILES string of the molecule is COCC(=O)Nc1cc(C(=O)NC[C@@H]2OCCc3ccccc32)cc2nc(-c3cccnc3)n(C)c12. The maximum atomic E-state index is 13.2. The molecule has 0 radical (unpaired) electrons. The summed E-state index contributed by atoms with van der Waals surface area (Å²) >= 11 is 0. The largest absolute Gasteiger partial charge is 0.375 e. The van der Waals surface area contributed by atoms with Crippen molar-refractivity contribution in [3.63, 3.8) is 0 Å². The van der Waals surface area contributed by atoms with Crippen LogP contribution in [0.5, 0.6) is 0 Å². The van der Waals surface area contributed by atoms with Crippen LogP contribution in [0.3, 0.4) is 0 Å². The van der Waals surface area contributed by atoms with E-state index in [4.69, 9.17) is 14.5 Å². The third-order valence-corrected chi connectivity index (χ3v) is 6.24. The van der Waals surface area contributed by atoms with E-state index in [1.54, 1.807) is 24.5 Å². The fraction of sp³-hybridized carbons (Fsp3) is 0.259. The van der Waals surface area contributed by atoms with E-state index >= 15 is 0 Å². The molecule has 0 unspecified atom stereocenters. The molecule has 1 aliphatic rings. The number of carbonyl (C=O) groups is 2. The van der Waals surface area contributed by atoms with Gasteiger partial charge in [-0.2, -0.15) is 0 Å². The zero-order valence-corrected chi connectivity index (χ0v) is 20.2. The maximum absolute atomic E-state index is 13.2. The number of ether oxygens (including phenoxy) is 2. The summed E-state index contributed by atoms with van der Waals surface area (Å²) in [6.07, 6.45) is 4.07. The predicted octanol–water partition coefficient (Wildman–Crippen LogP) is 3.26. The number of carbonyl (C=O) groups excluding carboxylic acids is 2. The zero-order chi connectivity index (χ0) is 25.1. The maximum Gasteiger partial charge on any atom is 0.251 e. The van der Waals surface area contributed by atoms with Crippen LogP contribution >= 0.6 is 0 Å². The number of nitrogens with one attached hydrogen (secondary N) is 2. The number of methoxy groups -OCH3 is 1. The zero-order valence-electron chi connectivity index (χ0n) is 20.2. The topological polar surface area (TPSA) is 107 Å². The van der Waals surface area contributed by atoms with Crippen LogP contribution in [-0.2, 0) is 27.7 Å². The molecule has 0 aliphatic carbocycles. The smallest absolute Gasteiger partial charge is 0.251 e. The van der Waals surface area contributed by atoms with Crippen LogP contribution in [0.1, 0.15) is 27.6 Å². The molecule has 4 aromatic rings. The molecule has 2 N–H and O–H groups in total. The Bertz CT molecular complexity index is 1420. The van der Waals surface area contributed by atoms with Crippen molar-refractivity contribution in [2.45, 2.75) is 12.5 Å². The number of anilines is 1. The second kappa shape index (κ2) is 10.3. The van der Waals surface area contributed by atoms with E-state index in [0.29, 0.717) is 41.3 Å². The van der Waals surface area contributed by atoms with Crippen LogP contribution in [0.4, 0.5) is 5.69 Å². The molecular formula is C27H27N5O4. The van der Waals surface area contributed by atoms with Crippen molar-refractivity contribution in [1.82, 2.24) is 19.9 Å². The first-order valence-corrected chi connectivity index (χ1v) is 11.7. The van der Waals surface area contributed by atoms with Gasteiger partial charge in [0.05, 0.1) is 23.3 Å². The van der Waals surface area contributed by atoms with E-state index < -0.39 is 0 Å². The normalized spacial score (nSPS) is 14.9. The molecule has 9 heteroatoms. The molecule has 36 heavy (non-hydrogen) atoms. The Hall–Kier alpha value is -4.08. The highest BCUT2D eigenvalue weighted by atomic mass is 16.5. The van der Waals surface area contributed by atoms with Crippen molar-refractivity contribution in [2.24, 2.45) is 7.05 Å². The molecule has 0 saturated carbocycles. The molecule has 0 saturated heterocycles. The average molecular weight is 486 g/mol. The van der Waals surface area contributed by atoms with E-state index in [1.165, 1.54) is 12.7 Å². The second-order valence-electron chi connectivity index (χ2n) is 8.63. The number of aromatic nitrogens is 3. The molecule has 2 aromatic carbocycles. The van der Waals surface area contributed by atoms with Crippen molar-refractivity contribution >= 4 is 28.5 Å². The average Bonchev–Trinajstić information content (AvgIpc) is 3.24. The Balaban J connectivity index is 1.46. The number of fused-ring (bicyclic) bond motifs is 2. The van der Waals surface area contributed by atoms with Crippen LogP contribution in [0.25, 0.3) is 22.4 Å². The molecule has 2 aromatic heterocycles. The summed E-state index contributed by atoms with van der Waals surface area (Å²) in [5, 5.41) is 5.85. The van der Waals surface area contributed by atoms with Gasteiger partial charge in [0.2, 0.25) is 5.91 Å². The van der Waals surface area contributed by atoms with Crippen LogP contribution in [-0.4, -0.2) is 53.2 Å². The minimum Gasteiger partial charge on any atom is -0.375 e. The lowest BCUT2D eigenvalue weighted by atomic mass is 9.97. The fourth-order valence-electron chi connectivity index (χ4n) is 4.58. The van der Waals surface area contributed by atoms with E-state index in [0.717, 1.165) is 17.5 Å². The summed E-state index contributed by atoms with van der Waals surface area (Å²) in [6, 6.07) is 15.3. The van der Waals surface area contributed by atoms with Gasteiger partial charge in [0, 0.05) is 44.2 Å². The van der Waals surface area contributed by atoms with Crippen molar-refractivity contribution in [1.29, 1.82) is 0 Å². The highest BCUT2D eigenvalue weighted by molar-refractivity contribution is 6.06. The lowest BCUT2D eigenvalue weighted by molar-refractivity contribution is -0.119. The molecule has 1 atom stereocenters. The van der Waals surface area contributed by atoms with E-state index in [1.807, 2.05) is 41.9 Å². The molecule has 0 bridgehead atoms. The Morgan fingerprint density at radius 1 is 1.19 bits per heavy atom. The van der Waals surface area contributed by atoms with Gasteiger partial charge in [0.1, 0.15) is 18.5 Å². The molecular weight excluding hydrogens is 458 g/mol. The van der Waals surface area contributed by atoms with Crippen molar-refractivity contribution in [2.75, 3.05) is 32.2 Å². The number of aryl methyl sites for hydroxylation is 1. The number of imidazole rings is 1. The van der Waals surface area contributed by atoms with Gasteiger partial charge in [-0.15, -0.1) is 0 Å². The molecule has 9 nitrogen and oxygen atoms in total. The molecule has 0 fully saturated rings. The summed E-state index contributed by atoms with van der Waals surface area (Å²) in [7, 11) is 3.32. The number of hydrogen-bond acceptors (Lipinski definition) is 6. The third-order valence-electron chi connectivity index (χ3n) is 6.24. The molecule has 2 amide bonds. The van der Waals surface area contributed by atoms with Crippen LogP contribution < -0.4 is 10.6 Å². The number of amides is 2. The quantitative estimate of drug-likeness (QED) is 0.416. The van der Waals surface area contributed by atoms with E-state index in [-0.39, 0.29) is 24.5 Å². The standard InChI is InChI=1S/C27H27N5O4/c1-32-25-21(30-24(33)16-35-2)12-19(13-22(25)31-26(32)18-7-5-10-28-14-18)27(34)29-15-23-20-8-4-3-6-17(20)9-11-36-23/h3-8,10,12-14,23H,9,11,15-16H2,1-2H3,(H,29,34)(H,30,33)/t23-/m0/s1.